The van der Waals surface area contributed by atoms with Crippen LogP contribution in [0, 0.1) is 23.2 Å². The molecule has 4 bridgehead atoms. The maximum Gasteiger partial charge on any atom is 0.250 e. The molecule has 4 nitrogen and oxygen atoms in total. The summed E-state index contributed by atoms with van der Waals surface area (Å²) in [6.07, 6.45) is 7.03. The molecule has 0 spiro atoms. The van der Waals surface area contributed by atoms with Crippen molar-refractivity contribution < 1.29 is 9.90 Å². The molecule has 4 aliphatic carbocycles. The molecular formula is C14H24N2O2. The van der Waals surface area contributed by atoms with E-state index in [9.17, 15) is 9.90 Å². The average Bonchev–Trinajstić information content (AvgIpc) is 2.33. The van der Waals surface area contributed by atoms with Gasteiger partial charge in [0.2, 0.25) is 5.91 Å². The normalized spacial score (nSPS) is 42.9. The Morgan fingerprint density at radius 3 is 2.17 bits per heavy atom. The zero-order valence-electron chi connectivity index (χ0n) is 10.9. The van der Waals surface area contributed by atoms with Gasteiger partial charge < -0.3 is 16.2 Å². The summed E-state index contributed by atoms with van der Waals surface area (Å²) in [6, 6.07) is 0. The first-order valence-electron chi connectivity index (χ1n) is 7.26. The minimum atomic E-state index is -1.04. The van der Waals surface area contributed by atoms with Crippen LogP contribution >= 0.6 is 0 Å². The van der Waals surface area contributed by atoms with Crippen LogP contribution in [0.2, 0.25) is 0 Å². The summed E-state index contributed by atoms with van der Waals surface area (Å²) in [5, 5.41) is 12.3. The number of rotatable bonds is 4. The van der Waals surface area contributed by atoms with Crippen LogP contribution < -0.4 is 11.1 Å². The first-order valence-corrected chi connectivity index (χ1v) is 7.26. The van der Waals surface area contributed by atoms with Gasteiger partial charge in [0, 0.05) is 13.1 Å². The van der Waals surface area contributed by atoms with E-state index in [-0.39, 0.29) is 12.5 Å². The fourth-order valence-electron chi connectivity index (χ4n) is 5.01. The molecular weight excluding hydrogens is 228 g/mol. The van der Waals surface area contributed by atoms with Crippen molar-refractivity contribution in [3.05, 3.63) is 0 Å². The van der Waals surface area contributed by atoms with Gasteiger partial charge >= 0.3 is 0 Å². The number of nitrogens with one attached hydrogen (secondary N) is 1. The lowest BCUT2D eigenvalue weighted by Gasteiger charge is -2.56. The molecule has 4 aliphatic rings. The maximum atomic E-state index is 11.6. The van der Waals surface area contributed by atoms with Crippen molar-refractivity contribution in [1.29, 1.82) is 0 Å². The van der Waals surface area contributed by atoms with E-state index < -0.39 is 6.10 Å². The number of aliphatic hydroxyl groups excluding tert-OH is 1. The number of amides is 1. The van der Waals surface area contributed by atoms with Crippen molar-refractivity contribution >= 4 is 5.91 Å². The molecule has 4 saturated carbocycles. The van der Waals surface area contributed by atoms with Gasteiger partial charge in [0.25, 0.3) is 0 Å². The first kappa shape index (κ1) is 12.4. The van der Waals surface area contributed by atoms with Gasteiger partial charge in [-0.1, -0.05) is 0 Å². The zero-order valence-corrected chi connectivity index (χ0v) is 10.9. The van der Waals surface area contributed by atoms with E-state index in [0.717, 1.165) is 24.3 Å². The van der Waals surface area contributed by atoms with Gasteiger partial charge in [0.05, 0.1) is 0 Å². The Labute approximate surface area is 108 Å². The number of nitrogens with two attached hydrogens (primary N) is 1. The average molecular weight is 252 g/mol. The van der Waals surface area contributed by atoms with Gasteiger partial charge in [-0.3, -0.25) is 4.79 Å². The lowest BCUT2D eigenvalue weighted by molar-refractivity contribution is -0.130. The minimum Gasteiger partial charge on any atom is -0.382 e. The second kappa shape index (κ2) is 4.49. The molecule has 0 saturated heterocycles. The van der Waals surface area contributed by atoms with Crippen LogP contribution in [0.15, 0.2) is 0 Å². The van der Waals surface area contributed by atoms with Crippen molar-refractivity contribution in [2.24, 2.45) is 28.9 Å². The van der Waals surface area contributed by atoms with Crippen LogP contribution in [0.5, 0.6) is 0 Å². The summed E-state index contributed by atoms with van der Waals surface area (Å²) in [7, 11) is 0. The highest BCUT2D eigenvalue weighted by Crippen LogP contribution is 2.59. The molecule has 0 heterocycles. The second-order valence-corrected chi connectivity index (χ2v) is 6.89. The van der Waals surface area contributed by atoms with Crippen molar-refractivity contribution in [2.75, 3.05) is 13.1 Å². The Morgan fingerprint density at radius 2 is 1.72 bits per heavy atom. The van der Waals surface area contributed by atoms with E-state index in [0.29, 0.717) is 5.41 Å². The SMILES string of the molecule is NCC(O)C(=O)NCC12CC3CC(CC(C3)C1)C2. The summed E-state index contributed by atoms with van der Waals surface area (Å²) in [5.41, 5.74) is 5.63. The number of aliphatic hydroxyl groups is 1. The van der Waals surface area contributed by atoms with E-state index in [2.05, 4.69) is 5.32 Å². The van der Waals surface area contributed by atoms with E-state index in [1.54, 1.807) is 0 Å². The first-order chi connectivity index (χ1) is 8.60. The second-order valence-electron chi connectivity index (χ2n) is 6.89. The Morgan fingerprint density at radius 1 is 1.22 bits per heavy atom. The molecule has 1 amide bonds. The topological polar surface area (TPSA) is 75.3 Å². The molecule has 0 aliphatic heterocycles. The molecule has 4 rings (SSSR count). The Kier molecular flexibility index (Phi) is 3.10. The van der Waals surface area contributed by atoms with Crippen molar-refractivity contribution in [3.63, 3.8) is 0 Å². The molecule has 18 heavy (non-hydrogen) atoms. The zero-order chi connectivity index (χ0) is 12.8. The van der Waals surface area contributed by atoms with E-state index in [1.165, 1.54) is 38.5 Å². The van der Waals surface area contributed by atoms with Gasteiger partial charge in [0.1, 0.15) is 6.10 Å². The molecule has 1 atom stereocenters. The summed E-state index contributed by atoms with van der Waals surface area (Å²) in [4.78, 5) is 11.6. The van der Waals surface area contributed by atoms with Crippen LogP contribution in [0.3, 0.4) is 0 Å². The number of hydrogen-bond donors (Lipinski definition) is 3. The monoisotopic (exact) mass is 252 g/mol. The highest BCUT2D eigenvalue weighted by molar-refractivity contribution is 5.80. The third-order valence-corrected chi connectivity index (χ3v) is 5.33. The number of carbonyl (C=O) groups is 1. The maximum absolute atomic E-state index is 11.6. The van der Waals surface area contributed by atoms with Gasteiger partial charge in [-0.25, -0.2) is 0 Å². The molecule has 4 N–H and O–H groups in total. The van der Waals surface area contributed by atoms with Crippen LogP contribution in [0.1, 0.15) is 38.5 Å². The Hall–Kier alpha value is -0.610. The molecule has 1 unspecified atom stereocenters. The lowest BCUT2D eigenvalue weighted by Crippen LogP contribution is -2.52. The van der Waals surface area contributed by atoms with Crippen molar-refractivity contribution in [1.82, 2.24) is 5.32 Å². The number of carbonyl (C=O) groups excluding carboxylic acids is 1. The predicted molar refractivity (Wildman–Crippen MR) is 68.7 cm³/mol. The minimum absolute atomic E-state index is 0.00666. The van der Waals surface area contributed by atoms with Gasteiger partial charge in [0.15, 0.2) is 0 Å². The Balaban J connectivity index is 1.61. The Bertz CT molecular complexity index is 307. The molecule has 0 radical (unpaired) electrons. The molecule has 0 aromatic heterocycles. The quantitative estimate of drug-likeness (QED) is 0.687. The van der Waals surface area contributed by atoms with E-state index >= 15 is 0 Å². The smallest absolute Gasteiger partial charge is 0.250 e. The third kappa shape index (κ3) is 2.16. The van der Waals surface area contributed by atoms with Crippen LogP contribution in [-0.2, 0) is 4.79 Å². The van der Waals surface area contributed by atoms with Crippen molar-refractivity contribution in [2.45, 2.75) is 44.6 Å². The van der Waals surface area contributed by atoms with Gasteiger partial charge in [-0.15, -0.1) is 0 Å². The highest BCUT2D eigenvalue weighted by Gasteiger charge is 2.50. The summed E-state index contributed by atoms with van der Waals surface area (Å²) < 4.78 is 0. The highest BCUT2D eigenvalue weighted by atomic mass is 16.3. The summed E-state index contributed by atoms with van der Waals surface area (Å²) >= 11 is 0. The van der Waals surface area contributed by atoms with Crippen LogP contribution in [-0.4, -0.2) is 30.2 Å². The van der Waals surface area contributed by atoms with Gasteiger partial charge in [-0.2, -0.15) is 0 Å². The third-order valence-electron chi connectivity index (χ3n) is 5.33. The molecule has 4 heteroatoms. The van der Waals surface area contributed by atoms with Gasteiger partial charge in [-0.05, 0) is 61.7 Å². The van der Waals surface area contributed by atoms with Crippen LogP contribution in [0.25, 0.3) is 0 Å². The lowest BCUT2D eigenvalue weighted by atomic mass is 9.49. The largest absolute Gasteiger partial charge is 0.382 e. The summed E-state index contributed by atoms with van der Waals surface area (Å²) in [6.45, 7) is 0.749. The predicted octanol–water partition coefficient (Wildman–Crippen LogP) is 0.639. The van der Waals surface area contributed by atoms with E-state index in [1.807, 2.05) is 0 Å². The molecule has 0 aromatic carbocycles. The fraction of sp³-hybridized carbons (Fsp3) is 0.929. The molecule has 102 valence electrons. The molecule has 4 fully saturated rings. The standard InChI is InChI=1S/C14H24N2O2/c15-7-12(17)13(18)16-8-14-4-9-1-10(5-14)3-11(2-9)6-14/h9-12,17H,1-8,15H2,(H,16,18). The summed E-state index contributed by atoms with van der Waals surface area (Å²) in [5.74, 6) is 2.39. The molecule has 0 aromatic rings. The van der Waals surface area contributed by atoms with Crippen LogP contribution in [0.4, 0.5) is 0 Å². The van der Waals surface area contributed by atoms with Crippen molar-refractivity contribution in [3.8, 4) is 0 Å². The van der Waals surface area contributed by atoms with E-state index in [4.69, 9.17) is 5.73 Å². The number of hydrogen-bond acceptors (Lipinski definition) is 3. The fourth-order valence-corrected chi connectivity index (χ4v) is 5.01.